The van der Waals surface area contributed by atoms with Gasteiger partial charge in [0.2, 0.25) is 5.91 Å². The predicted octanol–water partition coefficient (Wildman–Crippen LogP) is 2.67. The monoisotopic (exact) mass is 409 g/mol. The molecule has 3 rings (SSSR count). The summed E-state index contributed by atoms with van der Waals surface area (Å²) < 4.78 is 6.48. The zero-order chi connectivity index (χ0) is 21.7. The minimum Gasteiger partial charge on any atom is -0.383 e. The van der Waals surface area contributed by atoms with Crippen LogP contribution < -0.4 is 21.1 Å². The number of anilines is 3. The number of carbonyl (C=O) groups is 2. The third-order valence-electron chi connectivity index (χ3n) is 4.58. The number of aromatic nitrogens is 2. The summed E-state index contributed by atoms with van der Waals surface area (Å²) in [7, 11) is 3.23. The van der Waals surface area contributed by atoms with E-state index in [1.807, 2.05) is 0 Å². The van der Waals surface area contributed by atoms with E-state index >= 15 is 0 Å². The molecule has 156 valence electrons. The lowest BCUT2D eigenvalue weighted by molar-refractivity contribution is -0.116. The summed E-state index contributed by atoms with van der Waals surface area (Å²) in [6, 6.07) is 11.4. The second kappa shape index (κ2) is 9.19. The second-order valence-corrected chi connectivity index (χ2v) is 6.68. The van der Waals surface area contributed by atoms with Crippen molar-refractivity contribution in [3.05, 3.63) is 59.1 Å². The number of fused-ring (bicyclic) bond motifs is 1. The van der Waals surface area contributed by atoms with Crippen molar-refractivity contribution in [3.63, 3.8) is 0 Å². The fraction of sp³-hybridized carbons (Fsp3) is 0.238. The Balaban J connectivity index is 1.73. The number of hydrogen-bond donors (Lipinski definition) is 2. The maximum absolute atomic E-state index is 12.5. The maximum atomic E-state index is 12.5. The van der Waals surface area contributed by atoms with Crippen molar-refractivity contribution in [3.8, 4) is 0 Å². The molecule has 3 amide bonds. The summed E-state index contributed by atoms with van der Waals surface area (Å²) >= 11 is 0. The molecule has 0 aliphatic carbocycles. The largest absolute Gasteiger partial charge is 0.383 e. The molecule has 0 aliphatic rings. The number of amides is 3. The summed E-state index contributed by atoms with van der Waals surface area (Å²) in [5.41, 5.74) is 2.02. The molecule has 0 saturated carbocycles. The van der Waals surface area contributed by atoms with Gasteiger partial charge in [0.25, 0.3) is 5.56 Å². The first kappa shape index (κ1) is 21.0. The maximum Gasteiger partial charge on any atom is 0.323 e. The van der Waals surface area contributed by atoms with Gasteiger partial charge in [-0.2, -0.15) is 0 Å². The third kappa shape index (κ3) is 4.81. The van der Waals surface area contributed by atoms with E-state index in [0.29, 0.717) is 41.1 Å². The Morgan fingerprint density at radius 2 is 1.87 bits per heavy atom. The van der Waals surface area contributed by atoms with Crippen molar-refractivity contribution in [2.24, 2.45) is 0 Å². The van der Waals surface area contributed by atoms with Gasteiger partial charge >= 0.3 is 6.03 Å². The Bertz CT molecular complexity index is 1140. The number of nitrogens with zero attached hydrogens (tertiary/aromatic N) is 3. The molecular formula is C21H23N5O4. The topological polar surface area (TPSA) is 106 Å². The van der Waals surface area contributed by atoms with E-state index in [1.54, 1.807) is 56.6 Å². The molecule has 0 atom stereocenters. The molecule has 0 fully saturated rings. The molecule has 9 nitrogen and oxygen atoms in total. The molecule has 0 saturated heterocycles. The van der Waals surface area contributed by atoms with Gasteiger partial charge in [-0.05, 0) is 36.4 Å². The van der Waals surface area contributed by atoms with Gasteiger partial charge in [-0.15, -0.1) is 0 Å². The van der Waals surface area contributed by atoms with Crippen LogP contribution in [-0.2, 0) is 16.1 Å². The molecule has 0 spiro atoms. The van der Waals surface area contributed by atoms with Gasteiger partial charge in [-0.3, -0.25) is 14.2 Å². The van der Waals surface area contributed by atoms with Crippen LogP contribution in [0.5, 0.6) is 0 Å². The lowest BCUT2D eigenvalue weighted by atomic mass is 10.2. The number of carbonyl (C=O) groups excluding carboxylic acids is 2. The zero-order valence-corrected chi connectivity index (χ0v) is 17.0. The molecule has 2 N–H and O–H groups in total. The van der Waals surface area contributed by atoms with Crippen molar-refractivity contribution in [1.29, 1.82) is 0 Å². The van der Waals surface area contributed by atoms with Gasteiger partial charge in [0, 0.05) is 38.1 Å². The number of hydrogen-bond acceptors (Lipinski definition) is 5. The standard InChI is InChI=1S/C21H23N5O4/c1-14(27)25(2)17-6-4-5-15(11-17)23-21(29)24-16-7-8-18-19(12-16)22-13-26(20(18)28)9-10-30-3/h4-8,11-13H,9-10H2,1-3H3,(H2,23,24,29). The van der Waals surface area contributed by atoms with Crippen LogP contribution in [0.2, 0.25) is 0 Å². The lowest BCUT2D eigenvalue weighted by Crippen LogP contribution is -2.24. The molecule has 30 heavy (non-hydrogen) atoms. The number of rotatable bonds is 6. The molecule has 1 heterocycles. The molecule has 3 aromatic rings. The van der Waals surface area contributed by atoms with Crippen molar-refractivity contribution >= 4 is 39.9 Å². The van der Waals surface area contributed by atoms with Gasteiger partial charge in [0.1, 0.15) is 0 Å². The van der Waals surface area contributed by atoms with Gasteiger partial charge in [0.05, 0.1) is 30.4 Å². The Kier molecular flexibility index (Phi) is 6.43. The van der Waals surface area contributed by atoms with Crippen LogP contribution in [0.15, 0.2) is 53.6 Å². The van der Waals surface area contributed by atoms with Crippen LogP contribution in [0.25, 0.3) is 10.9 Å². The van der Waals surface area contributed by atoms with Gasteiger partial charge in [-0.1, -0.05) is 6.07 Å². The van der Waals surface area contributed by atoms with Crippen molar-refractivity contribution in [2.75, 3.05) is 36.3 Å². The number of benzene rings is 2. The summed E-state index contributed by atoms with van der Waals surface area (Å²) in [5.74, 6) is -0.110. The zero-order valence-electron chi connectivity index (χ0n) is 17.0. The van der Waals surface area contributed by atoms with Crippen LogP contribution in [-0.4, -0.2) is 42.3 Å². The van der Waals surface area contributed by atoms with E-state index in [1.165, 1.54) is 22.7 Å². The van der Waals surface area contributed by atoms with Crippen LogP contribution >= 0.6 is 0 Å². The van der Waals surface area contributed by atoms with Crippen molar-refractivity contribution in [1.82, 2.24) is 9.55 Å². The molecule has 0 bridgehead atoms. The normalized spacial score (nSPS) is 10.6. The van der Waals surface area contributed by atoms with Crippen molar-refractivity contribution < 1.29 is 14.3 Å². The van der Waals surface area contributed by atoms with E-state index in [-0.39, 0.29) is 11.5 Å². The SMILES string of the molecule is COCCn1cnc2cc(NC(=O)Nc3cccc(N(C)C(C)=O)c3)ccc2c1=O. The van der Waals surface area contributed by atoms with Gasteiger partial charge in [0.15, 0.2) is 0 Å². The van der Waals surface area contributed by atoms with Crippen molar-refractivity contribution in [2.45, 2.75) is 13.5 Å². The first-order valence-electron chi connectivity index (χ1n) is 9.29. The van der Waals surface area contributed by atoms with E-state index in [0.717, 1.165) is 0 Å². The molecule has 1 aromatic heterocycles. The molecule has 0 aliphatic heterocycles. The fourth-order valence-corrected chi connectivity index (χ4v) is 2.85. The fourth-order valence-electron chi connectivity index (χ4n) is 2.85. The Labute approximate surface area is 173 Å². The highest BCUT2D eigenvalue weighted by Gasteiger charge is 2.09. The van der Waals surface area contributed by atoms with E-state index in [4.69, 9.17) is 4.74 Å². The Morgan fingerprint density at radius 1 is 1.13 bits per heavy atom. The predicted molar refractivity (Wildman–Crippen MR) is 116 cm³/mol. The van der Waals surface area contributed by atoms with E-state index in [2.05, 4.69) is 15.6 Å². The van der Waals surface area contributed by atoms with Crippen LogP contribution in [0, 0.1) is 0 Å². The third-order valence-corrected chi connectivity index (χ3v) is 4.58. The number of methoxy groups -OCH3 is 1. The van der Waals surface area contributed by atoms with Crippen LogP contribution in [0.4, 0.5) is 21.9 Å². The quantitative estimate of drug-likeness (QED) is 0.651. The summed E-state index contributed by atoms with van der Waals surface area (Å²) in [4.78, 5) is 42.1. The van der Waals surface area contributed by atoms with E-state index in [9.17, 15) is 14.4 Å². The smallest absolute Gasteiger partial charge is 0.323 e. The number of ether oxygens (including phenoxy) is 1. The number of urea groups is 1. The first-order chi connectivity index (χ1) is 14.4. The van der Waals surface area contributed by atoms with Crippen LogP contribution in [0.1, 0.15) is 6.92 Å². The van der Waals surface area contributed by atoms with Gasteiger partial charge < -0.3 is 20.3 Å². The molecule has 2 aromatic carbocycles. The summed E-state index contributed by atoms with van der Waals surface area (Å²) in [6.45, 7) is 2.29. The lowest BCUT2D eigenvalue weighted by Gasteiger charge is -2.16. The minimum atomic E-state index is -0.453. The minimum absolute atomic E-state index is 0.110. The van der Waals surface area contributed by atoms with Gasteiger partial charge in [-0.25, -0.2) is 9.78 Å². The average molecular weight is 409 g/mol. The molecule has 0 radical (unpaired) electrons. The first-order valence-corrected chi connectivity index (χ1v) is 9.29. The highest BCUT2D eigenvalue weighted by Crippen LogP contribution is 2.19. The average Bonchev–Trinajstić information content (AvgIpc) is 2.72. The summed E-state index contributed by atoms with van der Waals surface area (Å²) in [5, 5.41) is 5.91. The van der Waals surface area contributed by atoms with Crippen LogP contribution in [0.3, 0.4) is 0 Å². The molecule has 0 unspecified atom stereocenters. The summed E-state index contributed by atoms with van der Waals surface area (Å²) in [6.07, 6.45) is 1.46. The Morgan fingerprint density at radius 3 is 2.57 bits per heavy atom. The Hall–Kier alpha value is -3.72. The highest BCUT2D eigenvalue weighted by molar-refractivity contribution is 6.01. The van der Waals surface area contributed by atoms with E-state index < -0.39 is 6.03 Å². The molecular weight excluding hydrogens is 386 g/mol. The molecule has 9 heteroatoms. The highest BCUT2D eigenvalue weighted by atomic mass is 16.5. The second-order valence-electron chi connectivity index (χ2n) is 6.68. The number of nitrogens with one attached hydrogen (secondary N) is 2.